The summed E-state index contributed by atoms with van der Waals surface area (Å²) >= 11 is 0. The highest BCUT2D eigenvalue weighted by atomic mass is 16.5. The van der Waals surface area contributed by atoms with Crippen LogP contribution in [0.3, 0.4) is 0 Å². The molecule has 1 aromatic rings. The molecular weight excluding hydrogens is 188 g/mol. The minimum Gasteiger partial charge on any atom is -0.399 e. The van der Waals surface area contributed by atoms with Crippen molar-refractivity contribution in [1.82, 2.24) is 0 Å². The van der Waals surface area contributed by atoms with Crippen LogP contribution in [0.2, 0.25) is 0 Å². The molecule has 0 amide bonds. The van der Waals surface area contributed by atoms with E-state index in [1.165, 1.54) is 0 Å². The van der Waals surface area contributed by atoms with Gasteiger partial charge in [0.15, 0.2) is 0 Å². The van der Waals surface area contributed by atoms with E-state index in [4.69, 9.17) is 10.5 Å². The van der Waals surface area contributed by atoms with Crippen molar-refractivity contribution in [3.8, 4) is 0 Å². The van der Waals surface area contributed by atoms with Crippen molar-refractivity contribution >= 4 is 11.4 Å². The van der Waals surface area contributed by atoms with Gasteiger partial charge in [-0.25, -0.2) is 0 Å². The molecule has 0 spiro atoms. The molecule has 0 radical (unpaired) electrons. The standard InChI is InChI=1S/C12H18N2O/c1-2-15-12-7-11(8-12)14-10-5-3-4-9(13)6-10/h3-6,11-12,14H,2,7-8,13H2,1H3. The van der Waals surface area contributed by atoms with Crippen molar-refractivity contribution in [2.24, 2.45) is 0 Å². The molecule has 0 heterocycles. The van der Waals surface area contributed by atoms with E-state index >= 15 is 0 Å². The number of ether oxygens (including phenoxy) is 1. The highest BCUT2D eigenvalue weighted by molar-refractivity contribution is 5.54. The Kier molecular flexibility index (Phi) is 3.11. The SMILES string of the molecule is CCOC1CC(Nc2cccc(N)c2)C1. The summed E-state index contributed by atoms with van der Waals surface area (Å²) in [5, 5.41) is 3.45. The summed E-state index contributed by atoms with van der Waals surface area (Å²) < 4.78 is 5.50. The lowest BCUT2D eigenvalue weighted by Gasteiger charge is -2.36. The average molecular weight is 206 g/mol. The maximum absolute atomic E-state index is 5.70. The van der Waals surface area contributed by atoms with Crippen molar-refractivity contribution in [1.29, 1.82) is 0 Å². The molecule has 0 unspecified atom stereocenters. The zero-order valence-corrected chi connectivity index (χ0v) is 9.07. The Hall–Kier alpha value is -1.22. The van der Waals surface area contributed by atoms with E-state index in [0.717, 1.165) is 30.8 Å². The lowest BCUT2D eigenvalue weighted by Crippen LogP contribution is -2.40. The smallest absolute Gasteiger partial charge is 0.0614 e. The molecule has 1 saturated carbocycles. The van der Waals surface area contributed by atoms with Crippen molar-refractivity contribution in [3.63, 3.8) is 0 Å². The molecular formula is C12H18N2O. The largest absolute Gasteiger partial charge is 0.399 e. The van der Waals surface area contributed by atoms with Crippen molar-refractivity contribution in [2.75, 3.05) is 17.7 Å². The number of hydrogen-bond acceptors (Lipinski definition) is 3. The molecule has 1 aliphatic carbocycles. The van der Waals surface area contributed by atoms with Crippen molar-refractivity contribution < 1.29 is 4.74 Å². The molecule has 1 fully saturated rings. The third kappa shape index (κ3) is 2.63. The Morgan fingerprint density at radius 3 is 2.93 bits per heavy atom. The van der Waals surface area contributed by atoms with Gasteiger partial charge in [-0.3, -0.25) is 0 Å². The third-order valence-electron chi connectivity index (χ3n) is 2.75. The highest BCUT2D eigenvalue weighted by Gasteiger charge is 2.29. The van der Waals surface area contributed by atoms with Crippen LogP contribution in [0.5, 0.6) is 0 Å². The lowest BCUT2D eigenvalue weighted by atomic mass is 9.89. The molecule has 82 valence electrons. The van der Waals surface area contributed by atoms with Crippen LogP contribution >= 0.6 is 0 Å². The fraction of sp³-hybridized carbons (Fsp3) is 0.500. The number of nitrogens with two attached hydrogens (primary N) is 1. The molecule has 1 aliphatic rings. The fourth-order valence-electron chi connectivity index (χ4n) is 1.92. The van der Waals surface area contributed by atoms with Gasteiger partial charge in [0.25, 0.3) is 0 Å². The van der Waals surface area contributed by atoms with Crippen molar-refractivity contribution in [3.05, 3.63) is 24.3 Å². The van der Waals surface area contributed by atoms with Crippen LogP contribution in [0.25, 0.3) is 0 Å². The summed E-state index contributed by atoms with van der Waals surface area (Å²) in [6, 6.07) is 8.42. The van der Waals surface area contributed by atoms with Crippen LogP contribution in [0.1, 0.15) is 19.8 Å². The second kappa shape index (κ2) is 4.53. The number of rotatable bonds is 4. The zero-order valence-electron chi connectivity index (χ0n) is 9.07. The number of nitrogens with one attached hydrogen (secondary N) is 1. The predicted octanol–water partition coefficient (Wildman–Crippen LogP) is 2.25. The van der Waals surface area contributed by atoms with Gasteiger partial charge in [-0.2, -0.15) is 0 Å². The second-order valence-corrected chi connectivity index (χ2v) is 4.02. The van der Waals surface area contributed by atoms with E-state index in [-0.39, 0.29) is 0 Å². The van der Waals surface area contributed by atoms with Crippen LogP contribution < -0.4 is 11.1 Å². The maximum atomic E-state index is 5.70. The fourth-order valence-corrected chi connectivity index (χ4v) is 1.92. The first-order chi connectivity index (χ1) is 7.28. The molecule has 0 bridgehead atoms. The van der Waals surface area contributed by atoms with Crippen LogP contribution in [0.15, 0.2) is 24.3 Å². The van der Waals surface area contributed by atoms with E-state index in [1.807, 2.05) is 31.2 Å². The molecule has 3 nitrogen and oxygen atoms in total. The summed E-state index contributed by atoms with van der Waals surface area (Å²) in [4.78, 5) is 0. The average Bonchev–Trinajstić information content (AvgIpc) is 2.15. The Morgan fingerprint density at radius 1 is 1.47 bits per heavy atom. The van der Waals surface area contributed by atoms with Crippen LogP contribution in [0, 0.1) is 0 Å². The highest BCUT2D eigenvalue weighted by Crippen LogP contribution is 2.27. The molecule has 15 heavy (non-hydrogen) atoms. The molecule has 0 saturated heterocycles. The maximum Gasteiger partial charge on any atom is 0.0614 e. The molecule has 3 N–H and O–H groups in total. The van der Waals surface area contributed by atoms with Gasteiger partial charge in [-0.15, -0.1) is 0 Å². The molecule has 0 aliphatic heterocycles. The van der Waals surface area contributed by atoms with Crippen LogP contribution in [-0.4, -0.2) is 18.8 Å². The van der Waals surface area contributed by atoms with Gasteiger partial charge in [0.2, 0.25) is 0 Å². The van der Waals surface area contributed by atoms with Gasteiger partial charge in [-0.05, 0) is 38.0 Å². The Balaban J connectivity index is 1.80. The van der Waals surface area contributed by atoms with Gasteiger partial charge in [0.1, 0.15) is 0 Å². The van der Waals surface area contributed by atoms with Crippen LogP contribution in [-0.2, 0) is 4.74 Å². The number of anilines is 2. The topological polar surface area (TPSA) is 47.3 Å². The Bertz CT molecular complexity index is 321. The normalized spacial score (nSPS) is 24.6. The minimum atomic E-state index is 0.452. The minimum absolute atomic E-state index is 0.452. The predicted molar refractivity (Wildman–Crippen MR) is 62.9 cm³/mol. The third-order valence-corrected chi connectivity index (χ3v) is 2.75. The summed E-state index contributed by atoms with van der Waals surface area (Å²) in [5.41, 5.74) is 7.62. The molecule has 2 rings (SSSR count). The monoisotopic (exact) mass is 206 g/mol. The molecule has 0 aromatic heterocycles. The van der Waals surface area contributed by atoms with Crippen molar-refractivity contribution in [2.45, 2.75) is 31.9 Å². The van der Waals surface area contributed by atoms with E-state index in [9.17, 15) is 0 Å². The molecule has 0 atom stereocenters. The second-order valence-electron chi connectivity index (χ2n) is 4.02. The summed E-state index contributed by atoms with van der Waals surface area (Å²) in [6.45, 7) is 2.86. The van der Waals surface area contributed by atoms with Gasteiger partial charge in [0, 0.05) is 24.0 Å². The first-order valence-corrected chi connectivity index (χ1v) is 5.51. The van der Waals surface area contributed by atoms with E-state index in [1.54, 1.807) is 0 Å². The van der Waals surface area contributed by atoms with Gasteiger partial charge >= 0.3 is 0 Å². The molecule has 1 aromatic carbocycles. The summed E-state index contributed by atoms with van der Waals surface area (Å²) in [6.07, 6.45) is 2.65. The van der Waals surface area contributed by atoms with E-state index in [2.05, 4.69) is 5.32 Å². The van der Waals surface area contributed by atoms with Gasteiger partial charge in [0.05, 0.1) is 6.10 Å². The zero-order chi connectivity index (χ0) is 10.7. The summed E-state index contributed by atoms with van der Waals surface area (Å²) in [5.74, 6) is 0. The first kappa shape index (κ1) is 10.3. The van der Waals surface area contributed by atoms with E-state index < -0.39 is 0 Å². The first-order valence-electron chi connectivity index (χ1n) is 5.51. The molecule has 3 heteroatoms. The summed E-state index contributed by atoms with van der Waals surface area (Å²) in [7, 11) is 0. The quantitative estimate of drug-likeness (QED) is 0.743. The number of benzene rings is 1. The number of hydrogen-bond donors (Lipinski definition) is 2. The van der Waals surface area contributed by atoms with E-state index in [0.29, 0.717) is 12.1 Å². The van der Waals surface area contributed by atoms with Crippen LogP contribution in [0.4, 0.5) is 11.4 Å². The lowest BCUT2D eigenvalue weighted by molar-refractivity contribution is 0.00299. The Morgan fingerprint density at radius 2 is 2.27 bits per heavy atom. The Labute approximate surface area is 90.6 Å². The van der Waals surface area contributed by atoms with Gasteiger partial charge < -0.3 is 15.8 Å². The number of nitrogen functional groups attached to an aromatic ring is 1. The van der Waals surface area contributed by atoms with Gasteiger partial charge in [-0.1, -0.05) is 6.07 Å².